The maximum absolute atomic E-state index is 13.7. The molecule has 3 aromatic carbocycles. The zero-order valence-electron chi connectivity index (χ0n) is 22.0. The highest BCUT2D eigenvalue weighted by molar-refractivity contribution is 6.04. The number of ketones is 1. The summed E-state index contributed by atoms with van der Waals surface area (Å²) < 4.78 is 7.80. The monoisotopic (exact) mass is 503 g/mol. The summed E-state index contributed by atoms with van der Waals surface area (Å²) in [4.78, 5) is 26.6. The van der Waals surface area contributed by atoms with Crippen molar-refractivity contribution in [2.24, 2.45) is 5.41 Å². The van der Waals surface area contributed by atoms with Crippen LogP contribution in [0, 0.1) is 5.41 Å². The molecule has 0 radical (unpaired) electrons. The van der Waals surface area contributed by atoms with Crippen LogP contribution in [0.15, 0.2) is 96.5 Å². The molecule has 2 aliphatic rings. The third-order valence-corrected chi connectivity index (χ3v) is 7.65. The molecule has 1 aliphatic carbocycles. The number of hydrogen-bond donors (Lipinski definition) is 1. The number of carbonyl (C=O) groups is 2. The van der Waals surface area contributed by atoms with Crippen molar-refractivity contribution in [2.75, 3.05) is 5.32 Å². The number of ether oxygens (including phenoxy) is 1. The van der Waals surface area contributed by atoms with E-state index in [-0.39, 0.29) is 17.1 Å². The first-order valence-corrected chi connectivity index (χ1v) is 13.2. The number of pyridine rings is 1. The number of carbonyl (C=O) groups excluding carboxylic acids is 2. The van der Waals surface area contributed by atoms with Crippen molar-refractivity contribution in [2.45, 2.75) is 46.1 Å². The summed E-state index contributed by atoms with van der Waals surface area (Å²) in [6.45, 7) is 7.17. The Morgan fingerprint density at radius 3 is 2.58 bits per heavy atom. The fourth-order valence-corrected chi connectivity index (χ4v) is 5.86. The topological polar surface area (TPSA) is 59.3 Å². The Kier molecular flexibility index (Phi) is 5.87. The normalized spacial score (nSPS) is 18.0. The van der Waals surface area contributed by atoms with Crippen LogP contribution in [-0.2, 0) is 11.3 Å². The molecule has 1 aliphatic heterocycles. The number of nitrogens with one attached hydrogen (secondary N) is 1. The highest BCUT2D eigenvalue weighted by Crippen LogP contribution is 2.51. The largest absolute Gasteiger partial charge is 0.423 e. The van der Waals surface area contributed by atoms with Crippen molar-refractivity contribution in [1.82, 2.24) is 0 Å². The second kappa shape index (κ2) is 9.25. The number of aromatic nitrogens is 1. The molecule has 38 heavy (non-hydrogen) atoms. The maximum Gasteiger partial charge on any atom is 0.343 e. The van der Waals surface area contributed by atoms with Gasteiger partial charge >= 0.3 is 5.97 Å². The second-order valence-electron chi connectivity index (χ2n) is 11.0. The lowest BCUT2D eigenvalue weighted by Crippen LogP contribution is -2.33. The number of benzene rings is 3. The summed E-state index contributed by atoms with van der Waals surface area (Å²) in [6.07, 6.45) is 5.05. The minimum atomic E-state index is -0.406. The number of hydrogen-bond acceptors (Lipinski definition) is 4. The van der Waals surface area contributed by atoms with E-state index in [0.29, 0.717) is 17.7 Å². The Balaban J connectivity index is 1.45. The average Bonchev–Trinajstić information content (AvgIpc) is 2.91. The molecule has 190 valence electrons. The predicted molar refractivity (Wildman–Crippen MR) is 148 cm³/mol. The quantitative estimate of drug-likeness (QED) is 0.194. The van der Waals surface area contributed by atoms with Crippen molar-refractivity contribution in [3.63, 3.8) is 0 Å². The third-order valence-electron chi connectivity index (χ3n) is 7.65. The second-order valence-corrected chi connectivity index (χ2v) is 11.0. The van der Waals surface area contributed by atoms with Crippen LogP contribution >= 0.6 is 0 Å². The van der Waals surface area contributed by atoms with Gasteiger partial charge in [-0.25, -0.2) is 9.36 Å². The first-order chi connectivity index (χ1) is 18.3. The minimum Gasteiger partial charge on any atom is -0.423 e. The molecule has 0 saturated heterocycles. The van der Waals surface area contributed by atoms with Crippen LogP contribution in [0.3, 0.4) is 0 Å². The van der Waals surface area contributed by atoms with Gasteiger partial charge in [0.25, 0.3) is 0 Å². The molecular weight excluding hydrogens is 472 g/mol. The molecule has 6 rings (SSSR count). The van der Waals surface area contributed by atoms with Gasteiger partial charge in [-0.05, 0) is 58.9 Å². The lowest BCUT2D eigenvalue weighted by atomic mass is 9.68. The Morgan fingerprint density at radius 1 is 1.00 bits per heavy atom. The number of fused-ring (bicyclic) bond motifs is 3. The van der Waals surface area contributed by atoms with Gasteiger partial charge in [0.15, 0.2) is 18.2 Å². The van der Waals surface area contributed by atoms with Crippen molar-refractivity contribution in [3.05, 3.63) is 113 Å². The summed E-state index contributed by atoms with van der Waals surface area (Å²) >= 11 is 0. The molecule has 4 aromatic rings. The molecule has 5 nitrogen and oxygen atoms in total. The van der Waals surface area contributed by atoms with E-state index in [2.05, 4.69) is 43.4 Å². The van der Waals surface area contributed by atoms with E-state index in [4.69, 9.17) is 4.74 Å². The minimum absolute atomic E-state index is 0.106. The van der Waals surface area contributed by atoms with E-state index in [1.807, 2.05) is 54.2 Å². The number of rotatable bonds is 4. The van der Waals surface area contributed by atoms with Crippen LogP contribution in [0.5, 0.6) is 5.75 Å². The first-order valence-electron chi connectivity index (χ1n) is 13.2. The van der Waals surface area contributed by atoms with Gasteiger partial charge in [-0.3, -0.25) is 4.79 Å². The highest BCUT2D eigenvalue weighted by Gasteiger charge is 2.41. The highest BCUT2D eigenvalue weighted by atomic mass is 16.5. The molecule has 0 fully saturated rings. The van der Waals surface area contributed by atoms with Gasteiger partial charge in [-0.2, -0.15) is 0 Å². The third kappa shape index (κ3) is 4.28. The molecular formula is C33H31N2O3+. The van der Waals surface area contributed by atoms with Crippen molar-refractivity contribution >= 4 is 28.2 Å². The van der Waals surface area contributed by atoms with Gasteiger partial charge in [-0.1, -0.05) is 56.3 Å². The van der Waals surface area contributed by atoms with Gasteiger partial charge in [0, 0.05) is 41.4 Å². The molecule has 0 bridgehead atoms. The number of allylic oxidation sites excluding steroid dienone is 2. The lowest BCUT2D eigenvalue weighted by Gasteiger charge is -2.40. The zero-order chi connectivity index (χ0) is 26.4. The Morgan fingerprint density at radius 2 is 1.79 bits per heavy atom. The van der Waals surface area contributed by atoms with Crippen LogP contribution in [0.4, 0.5) is 5.69 Å². The van der Waals surface area contributed by atoms with E-state index >= 15 is 0 Å². The lowest BCUT2D eigenvalue weighted by molar-refractivity contribution is -0.693. The van der Waals surface area contributed by atoms with E-state index < -0.39 is 5.97 Å². The zero-order valence-corrected chi connectivity index (χ0v) is 22.0. The number of aryl methyl sites for hydroxylation is 1. The standard InChI is InChI=1S/C33H30N2O3/c1-4-35-16-14-22(15-17-35)32(37)38-24-10-7-9-23(18-24)29-30-25-11-6-5-8-21(25)12-13-26(30)34-27-19-33(2,3)20-28(36)31(27)29/h5-18,29H,4,19-20H2,1-3H3/p+1. The Labute approximate surface area is 222 Å². The fourth-order valence-electron chi connectivity index (χ4n) is 5.86. The predicted octanol–water partition coefficient (Wildman–Crippen LogP) is 6.57. The summed E-state index contributed by atoms with van der Waals surface area (Å²) in [5.41, 5.74) is 5.25. The average molecular weight is 504 g/mol. The molecule has 0 amide bonds. The van der Waals surface area contributed by atoms with Crippen molar-refractivity contribution in [1.29, 1.82) is 0 Å². The number of Topliss-reactive ketones (excluding diaryl/α,β-unsaturated/α-hetero) is 1. The smallest absolute Gasteiger partial charge is 0.343 e. The van der Waals surface area contributed by atoms with Gasteiger partial charge in [0.05, 0.1) is 5.56 Å². The van der Waals surface area contributed by atoms with E-state index in [1.165, 1.54) is 0 Å². The molecule has 1 unspecified atom stereocenters. The summed E-state index contributed by atoms with van der Waals surface area (Å²) in [7, 11) is 0. The number of anilines is 1. The van der Waals surface area contributed by atoms with Crippen LogP contribution in [-0.4, -0.2) is 11.8 Å². The molecule has 1 N–H and O–H groups in total. The summed E-state index contributed by atoms with van der Waals surface area (Å²) in [5, 5.41) is 5.87. The molecule has 2 heterocycles. The van der Waals surface area contributed by atoms with Gasteiger partial charge in [-0.15, -0.1) is 0 Å². The summed E-state index contributed by atoms with van der Waals surface area (Å²) in [5.74, 6) is -0.0270. The van der Waals surface area contributed by atoms with Gasteiger partial charge < -0.3 is 10.1 Å². The maximum atomic E-state index is 13.7. The van der Waals surface area contributed by atoms with Crippen molar-refractivity contribution < 1.29 is 18.9 Å². The van der Waals surface area contributed by atoms with Crippen molar-refractivity contribution in [3.8, 4) is 5.75 Å². The molecule has 0 spiro atoms. The molecule has 5 heteroatoms. The summed E-state index contributed by atoms with van der Waals surface area (Å²) in [6, 6.07) is 23.7. The number of esters is 1. The fraction of sp³-hybridized carbons (Fsp3) is 0.242. The first kappa shape index (κ1) is 24.1. The molecule has 1 atom stereocenters. The van der Waals surface area contributed by atoms with E-state index in [1.54, 1.807) is 18.2 Å². The van der Waals surface area contributed by atoms with E-state index in [9.17, 15) is 9.59 Å². The number of nitrogens with zero attached hydrogens (tertiary/aromatic N) is 1. The Hall–Kier alpha value is -4.25. The van der Waals surface area contributed by atoms with Crippen LogP contribution in [0.2, 0.25) is 0 Å². The van der Waals surface area contributed by atoms with E-state index in [0.717, 1.165) is 51.8 Å². The molecule has 0 saturated carbocycles. The molecule has 1 aromatic heterocycles. The van der Waals surface area contributed by atoms with Crippen LogP contribution in [0.25, 0.3) is 10.8 Å². The van der Waals surface area contributed by atoms with Gasteiger partial charge in [0.1, 0.15) is 12.3 Å². The van der Waals surface area contributed by atoms with Crippen LogP contribution < -0.4 is 14.6 Å². The SMILES string of the molecule is CC[n+]1ccc(C(=O)Oc2cccc(C3C4=C(CC(C)(C)CC4=O)Nc4ccc5ccccc5c43)c2)cc1. The van der Waals surface area contributed by atoms with Crippen LogP contribution in [0.1, 0.15) is 61.0 Å². The Bertz CT molecular complexity index is 1620. The van der Waals surface area contributed by atoms with Gasteiger partial charge in [0.2, 0.25) is 0 Å².